The van der Waals surface area contributed by atoms with Crippen molar-refractivity contribution >= 4 is 27.5 Å². The maximum Gasteiger partial charge on any atom is 0.416 e. The number of carbonyl (C=O) groups excluding carboxylic acids is 2. The molecule has 8 nitrogen and oxygen atoms in total. The van der Waals surface area contributed by atoms with Crippen molar-refractivity contribution in [1.82, 2.24) is 10.2 Å². The normalized spacial score (nSPS) is 12.3. The van der Waals surface area contributed by atoms with Gasteiger partial charge in [-0.25, -0.2) is 8.42 Å². The summed E-state index contributed by atoms with van der Waals surface area (Å²) in [6.45, 7) is 2.53. The van der Waals surface area contributed by atoms with E-state index in [1.165, 1.54) is 42.3 Å². The molecule has 1 unspecified atom stereocenters. The van der Waals surface area contributed by atoms with Crippen LogP contribution in [0.2, 0.25) is 0 Å². The lowest BCUT2D eigenvalue weighted by atomic mass is 10.0. The van der Waals surface area contributed by atoms with E-state index < -0.39 is 46.2 Å². The summed E-state index contributed by atoms with van der Waals surface area (Å²) in [5.74, 6) is -0.778. The van der Waals surface area contributed by atoms with Crippen LogP contribution in [0.25, 0.3) is 0 Å². The number of halogens is 3. The third kappa shape index (κ3) is 9.13. The number of alkyl halides is 3. The van der Waals surface area contributed by atoms with Crippen molar-refractivity contribution in [2.75, 3.05) is 18.0 Å². The Labute approximate surface area is 272 Å². The molecule has 0 aliphatic heterocycles. The van der Waals surface area contributed by atoms with Crippen LogP contribution in [0, 0.1) is 0 Å². The molecular weight excluding hydrogens is 631 g/mol. The lowest BCUT2D eigenvalue weighted by molar-refractivity contribution is -0.140. The molecule has 0 saturated heterocycles. The highest BCUT2D eigenvalue weighted by Crippen LogP contribution is 2.33. The maximum absolute atomic E-state index is 14.5. The van der Waals surface area contributed by atoms with Crippen molar-refractivity contribution in [3.63, 3.8) is 0 Å². The van der Waals surface area contributed by atoms with Gasteiger partial charge in [-0.3, -0.25) is 13.9 Å². The first kappa shape index (κ1) is 35.0. The van der Waals surface area contributed by atoms with E-state index in [1.807, 2.05) is 6.07 Å². The summed E-state index contributed by atoms with van der Waals surface area (Å²) in [5.41, 5.74) is -0.108. The Morgan fingerprint density at radius 2 is 1.45 bits per heavy atom. The number of nitrogens with one attached hydrogen (secondary N) is 1. The quantitative estimate of drug-likeness (QED) is 0.187. The van der Waals surface area contributed by atoms with Crippen LogP contribution in [0.5, 0.6) is 5.75 Å². The molecule has 12 heteroatoms. The van der Waals surface area contributed by atoms with Gasteiger partial charge in [-0.15, -0.1) is 0 Å². The van der Waals surface area contributed by atoms with Crippen LogP contribution in [-0.4, -0.2) is 50.9 Å². The topological polar surface area (TPSA) is 96.0 Å². The molecule has 0 radical (unpaired) electrons. The van der Waals surface area contributed by atoms with Gasteiger partial charge in [0, 0.05) is 19.0 Å². The highest BCUT2D eigenvalue weighted by molar-refractivity contribution is 7.92. The number of amides is 2. The first-order valence-electron chi connectivity index (χ1n) is 14.8. The van der Waals surface area contributed by atoms with Gasteiger partial charge in [-0.05, 0) is 67.4 Å². The van der Waals surface area contributed by atoms with Crippen LogP contribution in [0.15, 0.2) is 114 Å². The molecule has 0 aliphatic carbocycles. The zero-order valence-corrected chi connectivity index (χ0v) is 27.0. The van der Waals surface area contributed by atoms with Gasteiger partial charge in [0.1, 0.15) is 18.3 Å². The van der Waals surface area contributed by atoms with Gasteiger partial charge < -0.3 is 15.0 Å². The van der Waals surface area contributed by atoms with Gasteiger partial charge in [-0.1, -0.05) is 66.7 Å². The summed E-state index contributed by atoms with van der Waals surface area (Å²) >= 11 is 0. The van der Waals surface area contributed by atoms with Crippen LogP contribution < -0.4 is 14.4 Å². The molecule has 1 atom stereocenters. The van der Waals surface area contributed by atoms with Crippen LogP contribution >= 0.6 is 0 Å². The lowest BCUT2D eigenvalue weighted by Crippen LogP contribution is -2.54. The van der Waals surface area contributed by atoms with E-state index in [-0.39, 0.29) is 29.6 Å². The number of rotatable bonds is 13. The number of sulfonamides is 1. The van der Waals surface area contributed by atoms with Crippen molar-refractivity contribution in [1.29, 1.82) is 0 Å². The molecule has 0 heterocycles. The van der Waals surface area contributed by atoms with Crippen molar-refractivity contribution in [2.45, 2.75) is 50.0 Å². The first-order chi connectivity index (χ1) is 22.3. The van der Waals surface area contributed by atoms with Crippen LogP contribution in [0.4, 0.5) is 18.9 Å². The standard InChI is InChI=1S/C35H36F3N3O5S/c1-25(2)39-34(43)32(21-26-12-6-4-7-13-26)40(23-27-14-10-17-30(20-27)46-3)33(42)24-41(47(44,45)31-18-8-5-9-19-31)29-16-11-15-28(22-29)35(36,37)38/h4-20,22,25,32H,21,23-24H2,1-3H3,(H,39,43). The summed E-state index contributed by atoms with van der Waals surface area (Å²) in [5, 5.41) is 2.86. The fourth-order valence-electron chi connectivity index (χ4n) is 4.99. The second kappa shape index (κ2) is 15.2. The van der Waals surface area contributed by atoms with Crippen LogP contribution in [0.3, 0.4) is 0 Å². The highest BCUT2D eigenvalue weighted by Gasteiger charge is 2.36. The van der Waals surface area contributed by atoms with Gasteiger partial charge in [-0.2, -0.15) is 13.2 Å². The Kier molecular flexibility index (Phi) is 11.3. The molecule has 4 aromatic rings. The second-order valence-electron chi connectivity index (χ2n) is 11.1. The van der Waals surface area contributed by atoms with Gasteiger partial charge in [0.2, 0.25) is 11.8 Å². The highest BCUT2D eigenvalue weighted by atomic mass is 32.2. The monoisotopic (exact) mass is 667 g/mol. The van der Waals surface area contributed by atoms with E-state index in [2.05, 4.69) is 5.32 Å². The third-order valence-electron chi connectivity index (χ3n) is 7.26. The number of carbonyl (C=O) groups is 2. The largest absolute Gasteiger partial charge is 0.497 e. The summed E-state index contributed by atoms with van der Waals surface area (Å²) in [6, 6.07) is 25.4. The molecule has 0 aromatic heterocycles. The molecule has 248 valence electrons. The van der Waals surface area contributed by atoms with E-state index in [0.717, 1.165) is 17.7 Å². The molecule has 0 bridgehead atoms. The van der Waals surface area contributed by atoms with E-state index in [4.69, 9.17) is 4.74 Å². The Morgan fingerprint density at radius 1 is 0.830 bits per heavy atom. The summed E-state index contributed by atoms with van der Waals surface area (Å²) in [6.07, 6.45) is -4.68. The van der Waals surface area contributed by atoms with Gasteiger partial charge >= 0.3 is 6.18 Å². The number of methoxy groups -OCH3 is 1. The third-order valence-corrected chi connectivity index (χ3v) is 9.05. The summed E-state index contributed by atoms with van der Waals surface area (Å²) in [4.78, 5) is 29.3. The molecule has 47 heavy (non-hydrogen) atoms. The van der Waals surface area contributed by atoms with E-state index >= 15 is 0 Å². The maximum atomic E-state index is 14.5. The van der Waals surface area contributed by atoms with E-state index in [0.29, 0.717) is 21.7 Å². The van der Waals surface area contributed by atoms with E-state index in [1.54, 1.807) is 68.4 Å². The molecule has 4 rings (SSSR count). The van der Waals surface area contributed by atoms with Crippen molar-refractivity contribution in [2.24, 2.45) is 0 Å². The van der Waals surface area contributed by atoms with E-state index in [9.17, 15) is 31.2 Å². The fourth-order valence-corrected chi connectivity index (χ4v) is 6.42. The molecule has 2 amide bonds. The second-order valence-corrected chi connectivity index (χ2v) is 13.0. The molecular formula is C35H36F3N3O5S. The Balaban J connectivity index is 1.85. The minimum atomic E-state index is -4.77. The molecule has 1 N–H and O–H groups in total. The van der Waals surface area contributed by atoms with Gasteiger partial charge in [0.05, 0.1) is 23.3 Å². The fraction of sp³-hybridized carbons (Fsp3) is 0.257. The van der Waals surface area contributed by atoms with Crippen molar-refractivity contribution in [3.05, 3.63) is 126 Å². The Hall–Kier alpha value is -4.84. The SMILES string of the molecule is COc1cccc(CN(C(=O)CN(c2cccc(C(F)(F)F)c2)S(=O)(=O)c2ccccc2)C(Cc2ccccc2)C(=O)NC(C)C)c1. The van der Waals surface area contributed by atoms with Crippen molar-refractivity contribution in [3.8, 4) is 5.75 Å². The zero-order valence-electron chi connectivity index (χ0n) is 26.1. The number of hydrogen-bond donors (Lipinski definition) is 1. The van der Waals surface area contributed by atoms with Gasteiger partial charge in [0.15, 0.2) is 0 Å². The Bertz CT molecular complexity index is 1770. The molecule has 0 aliphatic rings. The van der Waals surface area contributed by atoms with Gasteiger partial charge in [0.25, 0.3) is 10.0 Å². The first-order valence-corrected chi connectivity index (χ1v) is 16.3. The number of nitrogens with zero attached hydrogens (tertiary/aromatic N) is 2. The number of benzene rings is 4. The molecule has 4 aromatic carbocycles. The zero-order chi connectivity index (χ0) is 34.2. The predicted molar refractivity (Wildman–Crippen MR) is 173 cm³/mol. The number of hydrogen-bond acceptors (Lipinski definition) is 5. The average Bonchev–Trinajstić information content (AvgIpc) is 3.05. The predicted octanol–water partition coefficient (Wildman–Crippen LogP) is 6.07. The number of anilines is 1. The minimum absolute atomic E-state index is 0.0874. The average molecular weight is 668 g/mol. The molecule has 0 spiro atoms. The number of ether oxygens (including phenoxy) is 1. The molecule has 0 saturated carbocycles. The van der Waals surface area contributed by atoms with Crippen LogP contribution in [-0.2, 0) is 38.8 Å². The Morgan fingerprint density at radius 3 is 2.06 bits per heavy atom. The summed E-state index contributed by atoms with van der Waals surface area (Å²) in [7, 11) is -3.07. The van der Waals surface area contributed by atoms with Crippen LogP contribution in [0.1, 0.15) is 30.5 Å². The summed E-state index contributed by atoms with van der Waals surface area (Å²) < 4.78 is 75.3. The molecule has 0 fully saturated rings. The lowest BCUT2D eigenvalue weighted by Gasteiger charge is -2.34. The smallest absolute Gasteiger partial charge is 0.416 e. The minimum Gasteiger partial charge on any atom is -0.497 e. The van der Waals surface area contributed by atoms with Crippen molar-refractivity contribution < 1.29 is 35.9 Å².